The predicted octanol–water partition coefficient (Wildman–Crippen LogP) is 9.80. The molecule has 4 N–H and O–H groups in total. The zero-order chi connectivity index (χ0) is 88.9. The summed E-state index contributed by atoms with van der Waals surface area (Å²) in [7, 11) is 0. The Bertz CT molecular complexity index is 7080. The Morgan fingerprint density at radius 1 is 0.453 bits per heavy atom. The van der Waals surface area contributed by atoms with Gasteiger partial charge in [-0.15, -0.1) is 0 Å². The molecule has 662 valence electrons. The number of aliphatic hydroxyl groups is 2. The number of pyridine rings is 4. The molecule has 0 saturated carbocycles. The lowest BCUT2D eigenvalue weighted by atomic mass is 9.90. The quantitative estimate of drug-likeness (QED) is 0.0786. The summed E-state index contributed by atoms with van der Waals surface area (Å²) in [6.07, 6.45) is 22.9. The zero-order valence-electron chi connectivity index (χ0n) is 74.2. The first-order valence-electron chi connectivity index (χ1n) is 44.6. The van der Waals surface area contributed by atoms with Crippen molar-refractivity contribution in [1.82, 2.24) is 116 Å². The third kappa shape index (κ3) is 18.2. The summed E-state index contributed by atoms with van der Waals surface area (Å²) < 4.78 is 25.4. The number of aromatic nitrogens is 20. The number of hydrogen-bond acceptors (Lipinski definition) is 25. The Hall–Kier alpha value is -12.6. The van der Waals surface area contributed by atoms with Crippen molar-refractivity contribution < 1.29 is 19.7 Å². The Balaban J connectivity index is 0.000000116. The average Bonchev–Trinajstić information content (AvgIpc) is 1.33. The van der Waals surface area contributed by atoms with E-state index in [1.165, 1.54) is 10.1 Å². The van der Waals surface area contributed by atoms with Gasteiger partial charge in [-0.3, -0.25) is 57.1 Å². The minimum Gasteiger partial charge on any atom is -0.395 e. The molecule has 0 unspecified atom stereocenters. The van der Waals surface area contributed by atoms with E-state index in [1.807, 2.05) is 184 Å². The van der Waals surface area contributed by atoms with Crippen LogP contribution in [-0.4, -0.2) is 225 Å². The number of nitrogens with zero attached hydrogens (tertiary/aromatic N) is 23. The number of aryl methyl sites for hydroxylation is 7. The van der Waals surface area contributed by atoms with E-state index in [2.05, 4.69) is 104 Å². The fourth-order valence-electron chi connectivity index (χ4n) is 18.6. The highest BCUT2D eigenvalue weighted by atomic mass is 16.7. The van der Waals surface area contributed by atoms with Gasteiger partial charge >= 0.3 is 0 Å². The molecule has 0 bridgehead atoms. The highest BCUT2D eigenvalue weighted by Crippen LogP contribution is 2.34. The first kappa shape index (κ1) is 86.2. The van der Waals surface area contributed by atoms with Gasteiger partial charge in [0.05, 0.1) is 148 Å². The lowest BCUT2D eigenvalue weighted by molar-refractivity contribution is -0.264. The van der Waals surface area contributed by atoms with Gasteiger partial charge in [-0.25, -0.2) is 38.5 Å². The molecule has 33 nitrogen and oxygen atoms in total. The van der Waals surface area contributed by atoms with Crippen molar-refractivity contribution >= 4 is 50.5 Å². The number of hydrogen-bond donors (Lipinski definition) is 4. The maximum absolute atomic E-state index is 13.2. The largest absolute Gasteiger partial charge is 0.395 e. The normalized spacial score (nSPS) is 17.8. The number of anilines is 1. The van der Waals surface area contributed by atoms with Crippen LogP contribution in [0.2, 0.25) is 0 Å². The van der Waals surface area contributed by atoms with Crippen LogP contribution in [0.3, 0.4) is 0 Å². The molecule has 5 fully saturated rings. The van der Waals surface area contributed by atoms with E-state index >= 15 is 0 Å². The van der Waals surface area contributed by atoms with Crippen LogP contribution in [0.1, 0.15) is 154 Å². The summed E-state index contributed by atoms with van der Waals surface area (Å²) in [4.78, 5) is 95.7. The van der Waals surface area contributed by atoms with E-state index < -0.39 is 5.79 Å². The molecule has 0 aromatic carbocycles. The van der Waals surface area contributed by atoms with Crippen LogP contribution < -0.4 is 37.8 Å². The van der Waals surface area contributed by atoms with Crippen LogP contribution in [0, 0.1) is 34.6 Å². The van der Waals surface area contributed by atoms with Crippen LogP contribution in [0.25, 0.3) is 90.2 Å². The van der Waals surface area contributed by atoms with Crippen LogP contribution in [0.15, 0.2) is 172 Å². The Kier molecular flexibility index (Phi) is 24.4. The maximum atomic E-state index is 13.2. The minimum atomic E-state index is -0.485. The van der Waals surface area contributed by atoms with Crippen LogP contribution in [-0.2, 0) is 22.3 Å². The minimum absolute atomic E-state index is 0.0390. The highest BCUT2D eigenvalue weighted by Gasteiger charge is 2.35. The van der Waals surface area contributed by atoms with Crippen molar-refractivity contribution in [3.63, 3.8) is 0 Å². The third-order valence-corrected chi connectivity index (χ3v) is 25.3. The summed E-state index contributed by atoms with van der Waals surface area (Å²) in [6, 6.07) is 32.7. The van der Waals surface area contributed by atoms with E-state index in [0.717, 1.165) is 188 Å². The number of aliphatic hydroxyl groups excluding tert-OH is 2. The summed E-state index contributed by atoms with van der Waals surface area (Å²) in [5.41, 5.74) is 21.6. The first-order chi connectivity index (χ1) is 61.8. The van der Waals surface area contributed by atoms with E-state index in [-0.39, 0.29) is 41.5 Å². The van der Waals surface area contributed by atoms with Crippen molar-refractivity contribution in [3.8, 4) is 45.4 Å². The molecule has 16 aromatic heterocycles. The molecular formula is C95H109N25O8. The Morgan fingerprint density at radius 3 is 1.46 bits per heavy atom. The predicted molar refractivity (Wildman–Crippen MR) is 490 cm³/mol. The van der Waals surface area contributed by atoms with Gasteiger partial charge in [0.1, 0.15) is 39.7 Å². The van der Waals surface area contributed by atoms with Gasteiger partial charge < -0.3 is 39.6 Å². The van der Waals surface area contributed by atoms with Crippen molar-refractivity contribution in [2.24, 2.45) is 0 Å². The number of rotatable bonds is 14. The molecule has 21 heterocycles. The highest BCUT2D eigenvalue weighted by molar-refractivity contribution is 5.70. The summed E-state index contributed by atoms with van der Waals surface area (Å²) in [5.74, 6) is 0.651. The SMILES string of the molecule is CCc1nc(C)cn2nc(-c3cc(=O)n4cc(C5CCN(C(CO)CO)CC5)ccc4n3)cc12.CCc1nc(C)cn2nc(-c3cc(=O)n4cc(C5CCN(C6COC(C)(C)OC6)CC5)ccc4n3)cc12.Cc1cn2cc(-c3cc(=O)n4nc(C5CCNCC5)ccc4n3)ccc2n1.Cc1cn2nc(-c3cc(=O)n4cc(N5C[C@@H](C)N[C@@H](C)C5)ccc4n3)cc2c(C)n1. The molecule has 128 heavy (non-hydrogen) atoms. The lowest BCUT2D eigenvalue weighted by Crippen LogP contribution is -2.54. The van der Waals surface area contributed by atoms with Crippen molar-refractivity contribution in [1.29, 1.82) is 0 Å². The maximum Gasteiger partial charge on any atom is 0.275 e. The van der Waals surface area contributed by atoms with Crippen molar-refractivity contribution in [3.05, 3.63) is 251 Å². The molecule has 2 atom stereocenters. The number of nitrogens with one attached hydrogen (secondary N) is 2. The van der Waals surface area contributed by atoms with Gasteiger partial charge in [-0.1, -0.05) is 26.0 Å². The molecule has 0 spiro atoms. The standard InChI is InChI=1S/C28H34N6O3.C25H30N6O3.C22H25N7O.C20H20N6O/c1-5-22-25-12-24(31-34(25)14-18(2)29-22)23-13-27(35)33-15-20(6-7-26(33)30-23)19-8-10-32(11-9-19)21-16-36-28(3,4)37-17-21;1-3-20-23-10-22(28-31(23)12-16(2)26-20)21-11-25(34)30-13-18(4-5-24(30)27-21)17-6-8-29(9-7-17)19(14-32)15-33;1-13-9-27(10-14(2)23-13)17-5-6-21-25-18(8-22(30)28(21)12-17)19-7-20-16(4)24-15(3)11-29(20)26-19;1-13-11-25-12-15(2-4-18(25)22-13)17-10-20(27)26-19(23-17)5-3-16(24-26)14-6-8-21-9-7-14/h6-7,12-15,19,21H,5,8-11,16-17H2,1-4H3;4-5,10-13,17,19,32-33H,3,6-9,14-15H2,1-2H3;5-8,11-14,23H,9-10H2,1-4H3;2-5,10-12,14,21H,6-9H2,1H3/t;;13-,14+;. The fraction of sp³-hybridized carbons (Fsp3) is 0.411. The molecule has 5 aliphatic rings. The summed E-state index contributed by atoms with van der Waals surface area (Å²) >= 11 is 0. The molecule has 21 rings (SSSR count). The lowest BCUT2D eigenvalue weighted by Gasteiger charge is -2.42. The summed E-state index contributed by atoms with van der Waals surface area (Å²) in [5, 5.41) is 44.3. The molecule has 0 radical (unpaired) electrons. The number of likely N-dealkylation sites (tertiary alicyclic amines) is 2. The Morgan fingerprint density at radius 2 is 0.922 bits per heavy atom. The van der Waals surface area contributed by atoms with Crippen LogP contribution >= 0.6 is 0 Å². The number of fused-ring (bicyclic) bond motifs is 8. The van der Waals surface area contributed by atoms with E-state index in [4.69, 9.17) is 24.4 Å². The molecule has 16 aromatic rings. The van der Waals surface area contributed by atoms with Crippen molar-refractivity contribution in [2.45, 2.75) is 175 Å². The van der Waals surface area contributed by atoms with Crippen LogP contribution in [0.5, 0.6) is 0 Å². The molecule has 5 aliphatic heterocycles. The van der Waals surface area contributed by atoms with Gasteiger partial charge in [0.2, 0.25) is 0 Å². The number of piperidine rings is 3. The monoisotopic (exact) mass is 1730 g/mol. The second-order valence-corrected chi connectivity index (χ2v) is 35.1. The van der Waals surface area contributed by atoms with Gasteiger partial charge in [0, 0.05) is 91.9 Å². The van der Waals surface area contributed by atoms with Gasteiger partial charge in [-0.2, -0.15) is 24.9 Å². The number of piperazine rings is 1. The van der Waals surface area contributed by atoms with Gasteiger partial charge in [0.25, 0.3) is 22.2 Å². The molecule has 0 aliphatic carbocycles. The molecule has 33 heteroatoms. The van der Waals surface area contributed by atoms with E-state index in [0.29, 0.717) is 112 Å². The zero-order valence-corrected chi connectivity index (χ0v) is 74.2. The topological polar surface area (TPSA) is 351 Å². The molecule has 0 amide bonds. The van der Waals surface area contributed by atoms with Crippen LogP contribution in [0.4, 0.5) is 5.69 Å². The van der Waals surface area contributed by atoms with Gasteiger partial charge in [-0.05, 0) is 243 Å². The Labute approximate surface area is 737 Å². The smallest absolute Gasteiger partial charge is 0.275 e. The van der Waals surface area contributed by atoms with E-state index in [9.17, 15) is 29.4 Å². The third-order valence-electron chi connectivity index (χ3n) is 25.3. The second kappa shape index (κ2) is 36.3. The molecular weight excluding hydrogens is 1620 g/mol. The second-order valence-electron chi connectivity index (χ2n) is 35.1. The molecule has 5 saturated heterocycles. The summed E-state index contributed by atoms with van der Waals surface area (Å²) in [6.45, 7) is 30.9. The fourth-order valence-corrected chi connectivity index (χ4v) is 18.6. The average molecular weight is 1730 g/mol. The number of imidazole rings is 1. The van der Waals surface area contributed by atoms with Crippen molar-refractivity contribution in [2.75, 3.05) is 83.7 Å². The van der Waals surface area contributed by atoms with E-state index in [1.54, 1.807) is 42.0 Å². The first-order valence-corrected chi connectivity index (χ1v) is 44.6. The van der Waals surface area contributed by atoms with Gasteiger partial charge in [0.15, 0.2) is 11.4 Å². The number of ether oxygens (including phenoxy) is 2.